The summed E-state index contributed by atoms with van der Waals surface area (Å²) in [7, 11) is 0. The normalized spacial score (nSPS) is 47.3. The van der Waals surface area contributed by atoms with E-state index in [4.69, 9.17) is 11.1 Å². The van der Waals surface area contributed by atoms with Crippen LogP contribution in [-0.2, 0) is 4.79 Å². The lowest BCUT2D eigenvalue weighted by molar-refractivity contribution is -0.127. The molecule has 3 N–H and O–H groups in total. The number of hydrogen-bond acceptors (Lipinski definition) is 3. The van der Waals surface area contributed by atoms with Crippen molar-refractivity contribution in [3.05, 3.63) is 11.6 Å². The summed E-state index contributed by atoms with van der Waals surface area (Å²) in [6.07, 6.45) is 12.2. The van der Waals surface area contributed by atoms with Crippen molar-refractivity contribution in [1.29, 1.82) is 5.41 Å². The van der Waals surface area contributed by atoms with E-state index in [0.29, 0.717) is 22.4 Å². The average molecular weight is 375 g/mol. The molecule has 3 fully saturated rings. The van der Waals surface area contributed by atoms with Crippen LogP contribution in [-0.4, -0.2) is 16.2 Å². The standard InChI is InChI=1S/C22H34N2OS/c1-13(25)17-6-7-18-16-5-4-14-12-15(26-20(23)24)8-10-21(14,2)19(16)9-11-22(17,18)3/h4,15-19H,5-12H2,1-3H3,(H3,23,24)/t15-,16+,17-,18+,19+,21+,22-/m1/s1. The van der Waals surface area contributed by atoms with Crippen LogP contribution in [0.15, 0.2) is 11.6 Å². The van der Waals surface area contributed by atoms with Gasteiger partial charge in [0.05, 0.1) is 0 Å². The highest BCUT2D eigenvalue weighted by molar-refractivity contribution is 8.14. The Balaban J connectivity index is 1.59. The minimum atomic E-state index is 0.246. The summed E-state index contributed by atoms with van der Waals surface area (Å²) in [5.74, 6) is 3.01. The smallest absolute Gasteiger partial charge is 0.151 e. The third kappa shape index (κ3) is 2.70. The summed E-state index contributed by atoms with van der Waals surface area (Å²) >= 11 is 1.56. The molecule has 0 saturated heterocycles. The molecular formula is C22H34N2OS. The Kier molecular flexibility index (Phi) is 4.57. The first-order valence-corrected chi connectivity index (χ1v) is 11.3. The van der Waals surface area contributed by atoms with Crippen LogP contribution in [0.1, 0.15) is 72.1 Å². The zero-order chi connectivity index (χ0) is 18.7. The van der Waals surface area contributed by atoms with E-state index < -0.39 is 0 Å². The molecule has 0 aromatic heterocycles. The van der Waals surface area contributed by atoms with Gasteiger partial charge in [0.1, 0.15) is 5.78 Å². The fourth-order valence-electron chi connectivity index (χ4n) is 7.58. The zero-order valence-corrected chi connectivity index (χ0v) is 17.3. The van der Waals surface area contributed by atoms with E-state index in [0.717, 1.165) is 30.6 Å². The summed E-state index contributed by atoms with van der Waals surface area (Å²) < 4.78 is 0. The molecule has 144 valence electrons. The Morgan fingerprint density at radius 2 is 1.96 bits per heavy atom. The average Bonchev–Trinajstić information content (AvgIpc) is 2.92. The molecule has 0 bridgehead atoms. The first kappa shape index (κ1) is 18.6. The van der Waals surface area contributed by atoms with Gasteiger partial charge in [0, 0.05) is 11.2 Å². The quantitative estimate of drug-likeness (QED) is 0.399. The third-order valence-electron chi connectivity index (χ3n) is 8.84. The lowest BCUT2D eigenvalue weighted by atomic mass is 9.47. The van der Waals surface area contributed by atoms with Crippen molar-refractivity contribution >= 4 is 22.7 Å². The predicted molar refractivity (Wildman–Crippen MR) is 109 cm³/mol. The number of carbonyl (C=O) groups excluding carboxylic acids is 1. The van der Waals surface area contributed by atoms with Crippen molar-refractivity contribution in [1.82, 2.24) is 0 Å². The molecule has 4 heteroatoms. The van der Waals surface area contributed by atoms with Crippen molar-refractivity contribution in [2.24, 2.45) is 40.2 Å². The monoisotopic (exact) mass is 374 g/mol. The molecule has 0 amide bonds. The molecule has 4 aliphatic rings. The van der Waals surface area contributed by atoms with E-state index in [1.54, 1.807) is 17.3 Å². The van der Waals surface area contributed by atoms with Crippen LogP contribution in [0.3, 0.4) is 0 Å². The zero-order valence-electron chi connectivity index (χ0n) is 16.5. The highest BCUT2D eigenvalue weighted by atomic mass is 32.2. The molecule has 26 heavy (non-hydrogen) atoms. The number of hydrogen-bond donors (Lipinski definition) is 2. The van der Waals surface area contributed by atoms with Gasteiger partial charge < -0.3 is 5.73 Å². The Labute approximate surface area is 162 Å². The molecule has 0 aromatic rings. The summed E-state index contributed by atoms with van der Waals surface area (Å²) in [5, 5.41) is 8.37. The van der Waals surface area contributed by atoms with Crippen LogP contribution in [0.5, 0.6) is 0 Å². The molecule has 0 radical (unpaired) electrons. The van der Waals surface area contributed by atoms with E-state index in [1.165, 1.54) is 38.5 Å². The van der Waals surface area contributed by atoms with Crippen LogP contribution in [0, 0.1) is 39.9 Å². The molecule has 0 spiro atoms. The first-order valence-electron chi connectivity index (χ1n) is 10.5. The fourth-order valence-corrected chi connectivity index (χ4v) is 8.43. The largest absolute Gasteiger partial charge is 0.379 e. The van der Waals surface area contributed by atoms with Crippen molar-refractivity contribution < 1.29 is 4.79 Å². The van der Waals surface area contributed by atoms with Crippen molar-refractivity contribution in [2.75, 3.05) is 0 Å². The van der Waals surface area contributed by atoms with Gasteiger partial charge in [-0.3, -0.25) is 10.2 Å². The van der Waals surface area contributed by atoms with Gasteiger partial charge in [-0.1, -0.05) is 37.3 Å². The van der Waals surface area contributed by atoms with Crippen LogP contribution in [0.25, 0.3) is 0 Å². The van der Waals surface area contributed by atoms with Gasteiger partial charge in [0.25, 0.3) is 0 Å². The number of Topliss-reactive ketones (excluding diaryl/α,β-unsaturated/α-hetero) is 1. The molecule has 4 rings (SSSR count). The lowest BCUT2D eigenvalue weighted by Gasteiger charge is -2.58. The van der Waals surface area contributed by atoms with Crippen molar-refractivity contribution in [2.45, 2.75) is 77.4 Å². The molecule has 3 saturated carbocycles. The SMILES string of the molecule is CC(=O)[C@H]1CC[C@H]2[C@@H]3CC=C4C[C@H](SC(=N)N)CC[C@]4(C)[C@H]3CC[C@]12C. The van der Waals surface area contributed by atoms with Gasteiger partial charge >= 0.3 is 0 Å². The highest BCUT2D eigenvalue weighted by Gasteiger charge is 2.59. The molecule has 7 atom stereocenters. The van der Waals surface area contributed by atoms with Gasteiger partial charge in [0.15, 0.2) is 5.17 Å². The Morgan fingerprint density at radius 3 is 2.65 bits per heavy atom. The fraction of sp³-hybridized carbons (Fsp3) is 0.818. The third-order valence-corrected chi connectivity index (χ3v) is 9.83. The highest BCUT2D eigenvalue weighted by Crippen LogP contribution is 2.66. The van der Waals surface area contributed by atoms with Gasteiger partial charge in [-0.05, 0) is 86.9 Å². The maximum atomic E-state index is 12.2. The van der Waals surface area contributed by atoms with E-state index in [9.17, 15) is 4.79 Å². The second kappa shape index (κ2) is 6.39. The summed E-state index contributed by atoms with van der Waals surface area (Å²) in [4.78, 5) is 12.2. The Morgan fingerprint density at radius 1 is 1.19 bits per heavy atom. The summed E-state index contributed by atoms with van der Waals surface area (Å²) in [5.41, 5.74) is 7.87. The number of nitrogens with one attached hydrogen (secondary N) is 1. The van der Waals surface area contributed by atoms with Gasteiger partial charge in [-0.15, -0.1) is 0 Å². The Bertz CT molecular complexity index is 659. The summed E-state index contributed by atoms with van der Waals surface area (Å²) in [6.45, 7) is 6.76. The molecule has 0 aliphatic heterocycles. The van der Waals surface area contributed by atoms with Gasteiger partial charge in [-0.25, -0.2) is 0 Å². The maximum Gasteiger partial charge on any atom is 0.151 e. The van der Waals surface area contributed by atoms with Crippen LogP contribution < -0.4 is 5.73 Å². The van der Waals surface area contributed by atoms with E-state index >= 15 is 0 Å². The number of nitrogens with two attached hydrogens (primary N) is 1. The topological polar surface area (TPSA) is 66.9 Å². The van der Waals surface area contributed by atoms with E-state index in [2.05, 4.69) is 19.9 Å². The van der Waals surface area contributed by atoms with Crippen LogP contribution in [0.2, 0.25) is 0 Å². The molecule has 0 aromatic carbocycles. The second-order valence-corrected chi connectivity index (χ2v) is 11.2. The van der Waals surface area contributed by atoms with Crippen LogP contribution >= 0.6 is 11.8 Å². The Hall–Kier alpha value is -0.770. The first-order chi connectivity index (χ1) is 12.3. The number of carbonyl (C=O) groups is 1. The second-order valence-electron chi connectivity index (χ2n) is 9.89. The minimum Gasteiger partial charge on any atom is -0.379 e. The molecule has 4 aliphatic carbocycles. The number of thioether (sulfide) groups is 1. The van der Waals surface area contributed by atoms with Crippen LogP contribution in [0.4, 0.5) is 0 Å². The van der Waals surface area contributed by atoms with Crippen molar-refractivity contribution in [3.63, 3.8) is 0 Å². The molecular weight excluding hydrogens is 340 g/mol. The predicted octanol–water partition coefficient (Wildman–Crippen LogP) is 5.15. The number of allylic oxidation sites excluding steroid dienone is 2. The minimum absolute atomic E-state index is 0.246. The number of rotatable bonds is 2. The van der Waals surface area contributed by atoms with Crippen molar-refractivity contribution in [3.8, 4) is 0 Å². The van der Waals surface area contributed by atoms with Gasteiger partial charge in [0.2, 0.25) is 0 Å². The maximum absolute atomic E-state index is 12.2. The molecule has 0 unspecified atom stereocenters. The summed E-state index contributed by atoms with van der Waals surface area (Å²) in [6, 6.07) is 0. The number of amidine groups is 1. The number of fused-ring (bicyclic) bond motifs is 5. The lowest BCUT2D eigenvalue weighted by Crippen LogP contribution is -2.50. The molecule has 3 nitrogen and oxygen atoms in total. The van der Waals surface area contributed by atoms with E-state index in [-0.39, 0.29) is 10.6 Å². The number of ketones is 1. The van der Waals surface area contributed by atoms with Gasteiger partial charge in [-0.2, -0.15) is 0 Å². The van der Waals surface area contributed by atoms with E-state index in [1.807, 2.05) is 6.92 Å². The molecule has 0 heterocycles.